The lowest BCUT2D eigenvalue weighted by molar-refractivity contribution is -0.151. The summed E-state index contributed by atoms with van der Waals surface area (Å²) >= 11 is 0. The zero-order valence-corrected chi connectivity index (χ0v) is 12.0. The fourth-order valence-corrected chi connectivity index (χ4v) is 3.25. The van der Waals surface area contributed by atoms with Crippen molar-refractivity contribution in [3.05, 3.63) is 30.6 Å². The summed E-state index contributed by atoms with van der Waals surface area (Å²) < 4.78 is 7.79. The number of nitrogens with zero attached hydrogens (tertiary/aromatic N) is 2. The zero-order valence-electron chi connectivity index (χ0n) is 12.0. The molecule has 2 aromatic rings. The Morgan fingerprint density at radius 2 is 2.25 bits per heavy atom. The van der Waals surface area contributed by atoms with E-state index in [0.717, 1.165) is 23.9 Å². The highest BCUT2D eigenvalue weighted by Gasteiger charge is 2.32. The van der Waals surface area contributed by atoms with Crippen LogP contribution in [0.15, 0.2) is 30.6 Å². The first-order chi connectivity index (χ1) is 9.65. The third-order valence-corrected chi connectivity index (χ3v) is 4.18. The van der Waals surface area contributed by atoms with Crippen LogP contribution < -0.4 is 0 Å². The van der Waals surface area contributed by atoms with Gasteiger partial charge in [-0.1, -0.05) is 6.92 Å². The maximum absolute atomic E-state index is 11.4. The third-order valence-electron chi connectivity index (χ3n) is 4.18. The molecule has 0 saturated heterocycles. The second kappa shape index (κ2) is 5.27. The Hall–Kier alpha value is -1.84. The van der Waals surface area contributed by atoms with E-state index in [2.05, 4.69) is 28.7 Å². The van der Waals surface area contributed by atoms with E-state index >= 15 is 0 Å². The molecule has 3 rings (SSSR count). The molecule has 0 aromatic carbocycles. The van der Waals surface area contributed by atoms with Crippen LogP contribution in [0.3, 0.4) is 0 Å². The SMILES string of the molecule is CC(=O)OC1CC(C)CC[C@H]1n1ccc2ncccc21. The van der Waals surface area contributed by atoms with Crippen LogP contribution in [0.25, 0.3) is 11.0 Å². The van der Waals surface area contributed by atoms with E-state index in [9.17, 15) is 4.79 Å². The Bertz CT molecular complexity index is 620. The van der Waals surface area contributed by atoms with Crippen molar-refractivity contribution in [2.45, 2.75) is 45.3 Å². The standard InChI is InChI=1S/C16H20N2O2/c1-11-5-6-15(16(10-11)20-12(2)19)18-9-7-13-14(18)4-3-8-17-13/h3-4,7-9,11,15-16H,5-6,10H2,1-2H3/t11?,15-,16?/m1/s1. The van der Waals surface area contributed by atoms with E-state index in [1.165, 1.54) is 13.3 Å². The van der Waals surface area contributed by atoms with Crippen LogP contribution >= 0.6 is 0 Å². The largest absolute Gasteiger partial charge is 0.460 e. The number of carbonyl (C=O) groups excluding carboxylic acids is 1. The molecule has 0 radical (unpaired) electrons. The van der Waals surface area contributed by atoms with Crippen molar-refractivity contribution < 1.29 is 9.53 Å². The lowest BCUT2D eigenvalue weighted by Gasteiger charge is -2.35. The van der Waals surface area contributed by atoms with Crippen LogP contribution in [0.2, 0.25) is 0 Å². The van der Waals surface area contributed by atoms with Crippen molar-refractivity contribution in [3.63, 3.8) is 0 Å². The predicted octanol–water partition coefficient (Wildman–Crippen LogP) is 3.33. The van der Waals surface area contributed by atoms with Crippen LogP contribution in [-0.2, 0) is 9.53 Å². The smallest absolute Gasteiger partial charge is 0.302 e. The molecule has 2 unspecified atom stereocenters. The summed E-state index contributed by atoms with van der Waals surface area (Å²) in [7, 11) is 0. The van der Waals surface area contributed by atoms with Gasteiger partial charge in [-0.3, -0.25) is 9.78 Å². The average Bonchev–Trinajstić information content (AvgIpc) is 2.82. The summed E-state index contributed by atoms with van der Waals surface area (Å²) in [5.41, 5.74) is 2.11. The van der Waals surface area contributed by atoms with Gasteiger partial charge in [0.05, 0.1) is 17.1 Å². The van der Waals surface area contributed by atoms with E-state index in [1.807, 2.05) is 12.1 Å². The number of hydrogen-bond acceptors (Lipinski definition) is 3. The zero-order chi connectivity index (χ0) is 14.1. The van der Waals surface area contributed by atoms with Crippen molar-refractivity contribution in [1.29, 1.82) is 0 Å². The van der Waals surface area contributed by atoms with Crippen LogP contribution in [0.1, 0.15) is 39.2 Å². The summed E-state index contributed by atoms with van der Waals surface area (Å²) in [4.78, 5) is 15.7. The molecule has 0 aliphatic heterocycles. The van der Waals surface area contributed by atoms with Crippen LogP contribution in [0.5, 0.6) is 0 Å². The summed E-state index contributed by atoms with van der Waals surface area (Å²) in [6.45, 7) is 3.72. The van der Waals surface area contributed by atoms with Crippen LogP contribution in [-0.4, -0.2) is 21.6 Å². The number of carbonyl (C=O) groups is 1. The van der Waals surface area contributed by atoms with Gasteiger partial charge in [-0.2, -0.15) is 0 Å². The number of pyridine rings is 1. The number of hydrogen-bond donors (Lipinski definition) is 0. The van der Waals surface area contributed by atoms with Crippen LogP contribution in [0.4, 0.5) is 0 Å². The summed E-state index contributed by atoms with van der Waals surface area (Å²) in [5, 5.41) is 0. The van der Waals surface area contributed by atoms with Crippen molar-refractivity contribution in [2.75, 3.05) is 0 Å². The minimum absolute atomic E-state index is 0.0351. The minimum atomic E-state index is -0.191. The first kappa shape index (κ1) is 13.2. The molecule has 4 nitrogen and oxygen atoms in total. The molecule has 3 atom stereocenters. The lowest BCUT2D eigenvalue weighted by Crippen LogP contribution is -2.34. The monoisotopic (exact) mass is 272 g/mol. The maximum Gasteiger partial charge on any atom is 0.302 e. The second-order valence-electron chi connectivity index (χ2n) is 5.76. The Labute approximate surface area is 118 Å². The highest BCUT2D eigenvalue weighted by atomic mass is 16.5. The van der Waals surface area contributed by atoms with Gasteiger partial charge in [0.2, 0.25) is 0 Å². The van der Waals surface area contributed by atoms with Gasteiger partial charge in [0.25, 0.3) is 0 Å². The molecule has 0 spiro atoms. The molecule has 106 valence electrons. The molecular weight excluding hydrogens is 252 g/mol. The van der Waals surface area contributed by atoms with E-state index in [0.29, 0.717) is 5.92 Å². The third kappa shape index (κ3) is 2.42. The molecule has 4 heteroatoms. The molecule has 1 saturated carbocycles. The van der Waals surface area contributed by atoms with E-state index < -0.39 is 0 Å². The molecule has 0 amide bonds. The van der Waals surface area contributed by atoms with Crippen molar-refractivity contribution in [3.8, 4) is 0 Å². The highest BCUT2D eigenvalue weighted by Crippen LogP contribution is 2.36. The van der Waals surface area contributed by atoms with Crippen molar-refractivity contribution in [2.24, 2.45) is 5.92 Å². The van der Waals surface area contributed by atoms with Gasteiger partial charge < -0.3 is 9.30 Å². The normalized spacial score (nSPS) is 26.6. The van der Waals surface area contributed by atoms with Crippen molar-refractivity contribution in [1.82, 2.24) is 9.55 Å². The fraction of sp³-hybridized carbons (Fsp3) is 0.500. The molecule has 1 fully saturated rings. The lowest BCUT2D eigenvalue weighted by atomic mass is 9.84. The van der Waals surface area contributed by atoms with Gasteiger partial charge in [-0.05, 0) is 43.4 Å². The van der Waals surface area contributed by atoms with Gasteiger partial charge in [0.15, 0.2) is 0 Å². The number of rotatable bonds is 2. The topological polar surface area (TPSA) is 44.1 Å². The summed E-state index contributed by atoms with van der Waals surface area (Å²) in [6.07, 6.45) is 6.98. The molecule has 1 aliphatic rings. The number of fused-ring (bicyclic) bond motifs is 1. The Kier molecular flexibility index (Phi) is 3.47. The van der Waals surface area contributed by atoms with Gasteiger partial charge >= 0.3 is 5.97 Å². The van der Waals surface area contributed by atoms with E-state index in [4.69, 9.17) is 4.74 Å². The highest BCUT2D eigenvalue weighted by molar-refractivity contribution is 5.75. The fourth-order valence-electron chi connectivity index (χ4n) is 3.25. The second-order valence-corrected chi connectivity index (χ2v) is 5.76. The number of esters is 1. The number of ether oxygens (including phenoxy) is 1. The first-order valence-electron chi connectivity index (χ1n) is 7.24. The molecule has 20 heavy (non-hydrogen) atoms. The number of aromatic nitrogens is 2. The Morgan fingerprint density at radius 1 is 1.40 bits per heavy atom. The Morgan fingerprint density at radius 3 is 3.05 bits per heavy atom. The quantitative estimate of drug-likeness (QED) is 0.788. The molecular formula is C16H20N2O2. The molecule has 2 aromatic heterocycles. The van der Waals surface area contributed by atoms with Crippen LogP contribution in [0, 0.1) is 5.92 Å². The maximum atomic E-state index is 11.4. The summed E-state index contributed by atoms with van der Waals surface area (Å²) in [5.74, 6) is 0.416. The summed E-state index contributed by atoms with van der Waals surface area (Å²) in [6, 6.07) is 6.27. The Balaban J connectivity index is 1.95. The minimum Gasteiger partial charge on any atom is -0.460 e. The van der Waals surface area contributed by atoms with Gasteiger partial charge in [-0.15, -0.1) is 0 Å². The van der Waals surface area contributed by atoms with Gasteiger partial charge in [0.1, 0.15) is 6.10 Å². The molecule has 0 bridgehead atoms. The predicted molar refractivity (Wildman–Crippen MR) is 77.3 cm³/mol. The van der Waals surface area contributed by atoms with Gasteiger partial charge in [0, 0.05) is 19.3 Å². The van der Waals surface area contributed by atoms with Crippen molar-refractivity contribution >= 4 is 17.0 Å². The average molecular weight is 272 g/mol. The van der Waals surface area contributed by atoms with Gasteiger partial charge in [-0.25, -0.2) is 0 Å². The van der Waals surface area contributed by atoms with E-state index in [1.54, 1.807) is 6.20 Å². The van der Waals surface area contributed by atoms with E-state index in [-0.39, 0.29) is 18.1 Å². The first-order valence-corrected chi connectivity index (χ1v) is 7.24. The molecule has 0 N–H and O–H groups in total. The molecule has 2 heterocycles. The molecule has 1 aliphatic carbocycles.